The van der Waals surface area contributed by atoms with E-state index in [0.717, 1.165) is 6.42 Å². The normalized spacial score (nSPS) is 14.7. The Morgan fingerprint density at radius 1 is 1.45 bits per heavy atom. The minimum atomic E-state index is -0.771. The number of nitrogen functional groups attached to an aromatic ring is 1. The van der Waals surface area contributed by atoms with Gasteiger partial charge < -0.3 is 15.8 Å². The lowest BCUT2D eigenvalue weighted by Gasteiger charge is -2.22. The number of aromatic nitrogens is 1. The second-order valence-electron chi connectivity index (χ2n) is 5.92. The van der Waals surface area contributed by atoms with Gasteiger partial charge >= 0.3 is 0 Å². The molecule has 0 radical (unpaired) electrons. The Morgan fingerprint density at radius 3 is 2.65 bits per heavy atom. The van der Waals surface area contributed by atoms with E-state index in [9.17, 15) is 4.21 Å². The standard InChI is InChI=1S/C14H25N3O2S/c1-10(8-9-20(5)18)16-12-7-6-11(15)13(17-12)19-14(2,3)4/h6-7,10H,8-9,15H2,1-5H3,(H,16,17). The molecule has 0 aliphatic carbocycles. The highest BCUT2D eigenvalue weighted by molar-refractivity contribution is 7.84. The van der Waals surface area contributed by atoms with Crippen LogP contribution in [0.15, 0.2) is 12.1 Å². The first kappa shape index (κ1) is 16.8. The van der Waals surface area contributed by atoms with Gasteiger partial charge in [-0.25, -0.2) is 0 Å². The lowest BCUT2D eigenvalue weighted by atomic mass is 10.2. The average molecular weight is 299 g/mol. The summed E-state index contributed by atoms with van der Waals surface area (Å²) in [5.74, 6) is 1.83. The van der Waals surface area contributed by atoms with Crippen molar-refractivity contribution in [3.8, 4) is 5.88 Å². The molecule has 1 aromatic rings. The van der Waals surface area contributed by atoms with Gasteiger partial charge in [-0.15, -0.1) is 0 Å². The van der Waals surface area contributed by atoms with E-state index in [4.69, 9.17) is 10.5 Å². The lowest BCUT2D eigenvalue weighted by molar-refractivity contribution is 0.125. The van der Waals surface area contributed by atoms with E-state index in [-0.39, 0.29) is 11.6 Å². The van der Waals surface area contributed by atoms with Gasteiger partial charge in [0, 0.05) is 28.9 Å². The summed E-state index contributed by atoms with van der Waals surface area (Å²) in [5.41, 5.74) is 6.05. The van der Waals surface area contributed by atoms with Crippen LogP contribution in [-0.4, -0.2) is 32.8 Å². The lowest BCUT2D eigenvalue weighted by Crippen LogP contribution is -2.25. The van der Waals surface area contributed by atoms with Crippen molar-refractivity contribution in [1.82, 2.24) is 4.98 Å². The number of hydrogen-bond acceptors (Lipinski definition) is 5. The van der Waals surface area contributed by atoms with Crippen LogP contribution in [0.5, 0.6) is 5.88 Å². The molecule has 0 aliphatic heterocycles. The fourth-order valence-electron chi connectivity index (χ4n) is 1.57. The van der Waals surface area contributed by atoms with Crippen LogP contribution >= 0.6 is 0 Å². The molecule has 0 fully saturated rings. The number of nitrogens with zero attached hydrogens (tertiary/aromatic N) is 1. The van der Waals surface area contributed by atoms with Gasteiger partial charge in [0.1, 0.15) is 11.4 Å². The van der Waals surface area contributed by atoms with E-state index < -0.39 is 10.8 Å². The third-order valence-corrected chi connectivity index (χ3v) is 3.34. The molecule has 20 heavy (non-hydrogen) atoms. The Hall–Kier alpha value is -1.30. The van der Waals surface area contributed by atoms with Crippen molar-refractivity contribution in [3.05, 3.63) is 12.1 Å². The fraction of sp³-hybridized carbons (Fsp3) is 0.643. The molecule has 0 aromatic carbocycles. The summed E-state index contributed by atoms with van der Waals surface area (Å²) >= 11 is 0. The largest absolute Gasteiger partial charge is 0.470 e. The van der Waals surface area contributed by atoms with Gasteiger partial charge in [0.2, 0.25) is 5.88 Å². The van der Waals surface area contributed by atoms with Gasteiger partial charge in [0.15, 0.2) is 0 Å². The highest BCUT2D eigenvalue weighted by Crippen LogP contribution is 2.25. The third kappa shape index (κ3) is 6.23. The van der Waals surface area contributed by atoms with E-state index in [1.54, 1.807) is 12.3 Å². The summed E-state index contributed by atoms with van der Waals surface area (Å²) in [6.07, 6.45) is 2.54. The van der Waals surface area contributed by atoms with Crippen molar-refractivity contribution in [1.29, 1.82) is 0 Å². The van der Waals surface area contributed by atoms with Crippen LogP contribution in [0.4, 0.5) is 11.5 Å². The predicted octanol–water partition coefficient (Wildman–Crippen LogP) is 2.41. The molecule has 6 heteroatoms. The van der Waals surface area contributed by atoms with Gasteiger partial charge in [0.25, 0.3) is 0 Å². The summed E-state index contributed by atoms with van der Waals surface area (Å²) in [5, 5.41) is 3.27. The van der Waals surface area contributed by atoms with E-state index in [1.165, 1.54) is 0 Å². The molecule has 2 atom stereocenters. The van der Waals surface area contributed by atoms with E-state index >= 15 is 0 Å². The van der Waals surface area contributed by atoms with Crippen LogP contribution in [-0.2, 0) is 10.8 Å². The molecule has 114 valence electrons. The molecular formula is C14H25N3O2S. The predicted molar refractivity (Wildman–Crippen MR) is 85.7 cm³/mol. The smallest absolute Gasteiger partial charge is 0.239 e. The zero-order valence-electron chi connectivity index (χ0n) is 12.9. The number of nitrogens with one attached hydrogen (secondary N) is 1. The minimum Gasteiger partial charge on any atom is -0.470 e. The van der Waals surface area contributed by atoms with Crippen molar-refractivity contribution >= 4 is 22.3 Å². The van der Waals surface area contributed by atoms with Crippen molar-refractivity contribution in [2.24, 2.45) is 0 Å². The molecule has 0 saturated heterocycles. The Labute approximate surface area is 123 Å². The van der Waals surface area contributed by atoms with Crippen LogP contribution in [0.2, 0.25) is 0 Å². The van der Waals surface area contributed by atoms with Crippen molar-refractivity contribution in [3.63, 3.8) is 0 Å². The molecular weight excluding hydrogens is 274 g/mol. The quantitative estimate of drug-likeness (QED) is 0.843. The van der Waals surface area contributed by atoms with Gasteiger partial charge in [-0.3, -0.25) is 4.21 Å². The summed E-state index contributed by atoms with van der Waals surface area (Å²) < 4.78 is 16.8. The maximum atomic E-state index is 11.1. The highest BCUT2D eigenvalue weighted by atomic mass is 32.2. The van der Waals surface area contributed by atoms with Crippen LogP contribution in [0.25, 0.3) is 0 Å². The van der Waals surface area contributed by atoms with Crippen LogP contribution in [0, 0.1) is 0 Å². The zero-order valence-corrected chi connectivity index (χ0v) is 13.7. The van der Waals surface area contributed by atoms with E-state index in [2.05, 4.69) is 10.3 Å². The molecule has 3 N–H and O–H groups in total. The van der Waals surface area contributed by atoms with Gasteiger partial charge in [-0.2, -0.15) is 4.98 Å². The maximum Gasteiger partial charge on any atom is 0.239 e. The first-order valence-corrected chi connectivity index (χ1v) is 8.42. The topological polar surface area (TPSA) is 77.2 Å². The summed E-state index contributed by atoms with van der Waals surface area (Å²) in [6, 6.07) is 3.79. The Balaban J connectivity index is 2.72. The second-order valence-corrected chi connectivity index (χ2v) is 7.47. The van der Waals surface area contributed by atoms with Gasteiger partial charge in [-0.1, -0.05) is 0 Å². The summed E-state index contributed by atoms with van der Waals surface area (Å²) in [4.78, 5) is 4.39. The van der Waals surface area contributed by atoms with Crippen molar-refractivity contribution < 1.29 is 8.95 Å². The zero-order chi connectivity index (χ0) is 15.3. The monoisotopic (exact) mass is 299 g/mol. The van der Waals surface area contributed by atoms with Gasteiger partial charge in [-0.05, 0) is 46.2 Å². The summed E-state index contributed by atoms with van der Waals surface area (Å²) in [7, 11) is -0.771. The number of nitrogens with two attached hydrogens (primary N) is 1. The third-order valence-electron chi connectivity index (χ3n) is 2.53. The fourth-order valence-corrected chi connectivity index (χ4v) is 2.26. The average Bonchev–Trinajstić information content (AvgIpc) is 2.29. The Kier molecular flexibility index (Phi) is 5.80. The molecule has 5 nitrogen and oxygen atoms in total. The highest BCUT2D eigenvalue weighted by Gasteiger charge is 2.16. The maximum absolute atomic E-state index is 11.1. The molecule has 0 amide bonds. The van der Waals surface area contributed by atoms with Crippen molar-refractivity contribution in [2.75, 3.05) is 23.1 Å². The van der Waals surface area contributed by atoms with Crippen LogP contribution in [0.1, 0.15) is 34.1 Å². The molecule has 0 bridgehead atoms. The number of ether oxygens (including phenoxy) is 1. The van der Waals surface area contributed by atoms with Crippen LogP contribution in [0.3, 0.4) is 0 Å². The number of pyridine rings is 1. The van der Waals surface area contributed by atoms with E-state index in [0.29, 0.717) is 23.1 Å². The Bertz CT molecular complexity index is 472. The van der Waals surface area contributed by atoms with Gasteiger partial charge in [0.05, 0.1) is 5.69 Å². The number of hydrogen-bond donors (Lipinski definition) is 2. The molecule has 0 aliphatic rings. The first-order valence-electron chi connectivity index (χ1n) is 6.69. The SMILES string of the molecule is CC(CCS(C)=O)Nc1ccc(N)c(OC(C)(C)C)n1. The van der Waals surface area contributed by atoms with Crippen LogP contribution < -0.4 is 15.8 Å². The molecule has 0 saturated carbocycles. The van der Waals surface area contributed by atoms with E-state index in [1.807, 2.05) is 33.8 Å². The number of anilines is 2. The molecule has 2 unspecified atom stereocenters. The molecule has 0 spiro atoms. The molecule has 1 aromatic heterocycles. The number of rotatable bonds is 6. The summed E-state index contributed by atoms with van der Waals surface area (Å²) in [6.45, 7) is 7.89. The first-order chi connectivity index (χ1) is 9.17. The second kappa shape index (κ2) is 6.92. The molecule has 1 heterocycles. The minimum absolute atomic E-state index is 0.192. The molecule has 1 rings (SSSR count). The Morgan fingerprint density at radius 2 is 2.10 bits per heavy atom. The van der Waals surface area contributed by atoms with Crippen molar-refractivity contribution in [2.45, 2.75) is 45.8 Å².